The van der Waals surface area contributed by atoms with Gasteiger partial charge in [0.2, 0.25) is 0 Å². The van der Waals surface area contributed by atoms with Crippen LogP contribution < -0.4 is 11.1 Å². The lowest BCUT2D eigenvalue weighted by molar-refractivity contribution is -0.112. The summed E-state index contributed by atoms with van der Waals surface area (Å²) in [5.74, 6) is -1.51. The van der Waals surface area contributed by atoms with E-state index in [0.717, 1.165) is 0 Å². The molecular formula is C13H12N4O3. The van der Waals surface area contributed by atoms with Crippen molar-refractivity contribution in [1.29, 1.82) is 0 Å². The number of rotatable bonds is 4. The van der Waals surface area contributed by atoms with Crippen LogP contribution in [-0.2, 0) is 4.79 Å². The first kappa shape index (κ1) is 13.3. The van der Waals surface area contributed by atoms with Crippen LogP contribution in [0.4, 0.5) is 5.69 Å². The zero-order valence-corrected chi connectivity index (χ0v) is 10.3. The molecular weight excluding hydrogens is 260 g/mol. The van der Waals surface area contributed by atoms with Crippen molar-refractivity contribution in [3.63, 3.8) is 0 Å². The van der Waals surface area contributed by atoms with Gasteiger partial charge >= 0.3 is 5.97 Å². The van der Waals surface area contributed by atoms with Crippen LogP contribution in [0.25, 0.3) is 6.08 Å². The molecule has 0 radical (unpaired) electrons. The number of aromatic amines is 1. The van der Waals surface area contributed by atoms with Crippen LogP contribution in [0.3, 0.4) is 0 Å². The standard InChI is InChI=1S/C13H12N4O3/c14-11(5-10-6-15-7-16-10)12(18)17-9-3-1-8(2-4-9)13(19)20/h1-7H,14H2,(H,15,16)(H,17,18)(H,19,20). The second kappa shape index (κ2) is 5.70. The third-order valence-corrected chi connectivity index (χ3v) is 2.48. The van der Waals surface area contributed by atoms with Crippen molar-refractivity contribution in [2.45, 2.75) is 0 Å². The number of hydrogen-bond acceptors (Lipinski definition) is 4. The van der Waals surface area contributed by atoms with Crippen molar-refractivity contribution in [2.24, 2.45) is 5.73 Å². The minimum atomic E-state index is -1.03. The highest BCUT2D eigenvalue weighted by atomic mass is 16.4. The van der Waals surface area contributed by atoms with Crippen LogP contribution in [0.1, 0.15) is 16.1 Å². The lowest BCUT2D eigenvalue weighted by Gasteiger charge is -2.05. The quantitative estimate of drug-likeness (QED) is 0.620. The summed E-state index contributed by atoms with van der Waals surface area (Å²) in [5.41, 5.74) is 6.86. The van der Waals surface area contributed by atoms with Crippen molar-refractivity contribution in [2.75, 3.05) is 5.32 Å². The van der Waals surface area contributed by atoms with Crippen molar-refractivity contribution < 1.29 is 14.7 Å². The minimum absolute atomic E-state index is 0.0107. The second-order valence-corrected chi connectivity index (χ2v) is 3.94. The van der Waals surface area contributed by atoms with Crippen LogP contribution in [0, 0.1) is 0 Å². The average molecular weight is 272 g/mol. The molecule has 0 fully saturated rings. The summed E-state index contributed by atoms with van der Waals surface area (Å²) in [6, 6.07) is 5.77. The Hall–Kier alpha value is -3.09. The van der Waals surface area contributed by atoms with E-state index in [1.165, 1.54) is 42.9 Å². The van der Waals surface area contributed by atoms with E-state index in [4.69, 9.17) is 10.8 Å². The maximum absolute atomic E-state index is 11.8. The number of amides is 1. The van der Waals surface area contributed by atoms with E-state index in [2.05, 4.69) is 15.3 Å². The molecule has 1 aromatic carbocycles. The third kappa shape index (κ3) is 3.22. The number of nitrogens with one attached hydrogen (secondary N) is 2. The maximum Gasteiger partial charge on any atom is 0.335 e. The van der Waals surface area contributed by atoms with Gasteiger partial charge in [-0.25, -0.2) is 9.78 Å². The predicted molar refractivity (Wildman–Crippen MR) is 72.8 cm³/mol. The molecule has 7 heteroatoms. The molecule has 0 aliphatic carbocycles. The van der Waals surface area contributed by atoms with E-state index >= 15 is 0 Å². The Morgan fingerprint density at radius 1 is 1.30 bits per heavy atom. The molecule has 0 aliphatic rings. The largest absolute Gasteiger partial charge is 0.478 e. The van der Waals surface area contributed by atoms with Gasteiger partial charge < -0.3 is 21.1 Å². The molecule has 2 aromatic rings. The summed E-state index contributed by atoms with van der Waals surface area (Å²) in [4.78, 5) is 29.1. The number of benzene rings is 1. The molecule has 102 valence electrons. The van der Waals surface area contributed by atoms with Gasteiger partial charge in [0.05, 0.1) is 29.5 Å². The van der Waals surface area contributed by atoms with Gasteiger partial charge in [0, 0.05) is 5.69 Å². The molecule has 0 aliphatic heterocycles. The minimum Gasteiger partial charge on any atom is -0.478 e. The van der Waals surface area contributed by atoms with Gasteiger partial charge in [-0.2, -0.15) is 0 Å². The Morgan fingerprint density at radius 2 is 2.00 bits per heavy atom. The van der Waals surface area contributed by atoms with E-state index in [1.807, 2.05) is 0 Å². The molecule has 1 heterocycles. The number of H-pyrrole nitrogens is 1. The highest BCUT2D eigenvalue weighted by molar-refractivity contribution is 6.05. The first-order valence-corrected chi connectivity index (χ1v) is 5.66. The fourth-order valence-electron chi connectivity index (χ4n) is 1.48. The molecule has 20 heavy (non-hydrogen) atoms. The number of imidazole rings is 1. The van der Waals surface area contributed by atoms with Crippen molar-refractivity contribution in [3.8, 4) is 0 Å². The average Bonchev–Trinajstić information content (AvgIpc) is 2.92. The van der Waals surface area contributed by atoms with E-state index in [-0.39, 0.29) is 11.3 Å². The van der Waals surface area contributed by atoms with E-state index in [0.29, 0.717) is 11.4 Å². The maximum atomic E-state index is 11.8. The lowest BCUT2D eigenvalue weighted by atomic mass is 10.2. The van der Waals surface area contributed by atoms with Gasteiger partial charge in [-0.05, 0) is 30.3 Å². The number of aromatic nitrogens is 2. The number of nitrogens with zero attached hydrogens (tertiary/aromatic N) is 1. The van der Waals surface area contributed by atoms with Crippen LogP contribution in [0.15, 0.2) is 42.5 Å². The first-order valence-electron chi connectivity index (χ1n) is 5.66. The highest BCUT2D eigenvalue weighted by Gasteiger charge is 2.07. The summed E-state index contributed by atoms with van der Waals surface area (Å²) >= 11 is 0. The Morgan fingerprint density at radius 3 is 2.55 bits per heavy atom. The van der Waals surface area contributed by atoms with Gasteiger partial charge in [0.15, 0.2) is 0 Å². The molecule has 0 unspecified atom stereocenters. The molecule has 5 N–H and O–H groups in total. The molecule has 1 aromatic heterocycles. The van der Waals surface area contributed by atoms with Crippen molar-refractivity contribution in [1.82, 2.24) is 9.97 Å². The molecule has 0 saturated heterocycles. The number of anilines is 1. The van der Waals surface area contributed by atoms with Crippen LogP contribution in [0.5, 0.6) is 0 Å². The van der Waals surface area contributed by atoms with Gasteiger partial charge in [0.25, 0.3) is 5.91 Å². The number of aromatic carboxylic acids is 1. The Bertz CT molecular complexity index is 645. The third-order valence-electron chi connectivity index (χ3n) is 2.48. The second-order valence-electron chi connectivity index (χ2n) is 3.94. The van der Waals surface area contributed by atoms with Crippen LogP contribution >= 0.6 is 0 Å². The lowest BCUT2D eigenvalue weighted by Crippen LogP contribution is -2.19. The van der Waals surface area contributed by atoms with E-state index in [1.54, 1.807) is 0 Å². The predicted octanol–water partition coefficient (Wildman–Crippen LogP) is 1.05. The highest BCUT2D eigenvalue weighted by Crippen LogP contribution is 2.10. The number of nitrogens with two attached hydrogens (primary N) is 1. The normalized spacial score (nSPS) is 11.1. The summed E-state index contributed by atoms with van der Waals surface area (Å²) in [5, 5.41) is 11.3. The molecule has 0 atom stereocenters. The smallest absolute Gasteiger partial charge is 0.335 e. The zero-order valence-electron chi connectivity index (χ0n) is 10.3. The molecule has 0 saturated carbocycles. The summed E-state index contributed by atoms with van der Waals surface area (Å²) in [6.07, 6.45) is 4.46. The summed E-state index contributed by atoms with van der Waals surface area (Å²) in [7, 11) is 0. The summed E-state index contributed by atoms with van der Waals surface area (Å²) in [6.45, 7) is 0. The number of carbonyl (C=O) groups excluding carboxylic acids is 1. The molecule has 1 amide bonds. The first-order chi connectivity index (χ1) is 9.56. The van der Waals surface area contributed by atoms with Gasteiger partial charge in [0.1, 0.15) is 0 Å². The Kier molecular flexibility index (Phi) is 3.80. The van der Waals surface area contributed by atoms with E-state index in [9.17, 15) is 9.59 Å². The zero-order chi connectivity index (χ0) is 14.5. The monoisotopic (exact) mass is 272 g/mol. The molecule has 0 bridgehead atoms. The molecule has 2 rings (SSSR count). The van der Waals surface area contributed by atoms with Crippen LogP contribution in [0.2, 0.25) is 0 Å². The van der Waals surface area contributed by atoms with Gasteiger partial charge in [-0.1, -0.05) is 0 Å². The molecule has 0 spiro atoms. The van der Waals surface area contributed by atoms with Crippen molar-refractivity contribution >= 4 is 23.6 Å². The topological polar surface area (TPSA) is 121 Å². The van der Waals surface area contributed by atoms with Crippen molar-refractivity contribution in [3.05, 3.63) is 53.7 Å². The SMILES string of the molecule is NC(=Cc1cnc[nH]1)C(=O)Nc1ccc(C(=O)O)cc1. The fraction of sp³-hybridized carbons (Fsp3) is 0. The number of carboxylic acid groups (broad SMARTS) is 1. The molecule has 7 nitrogen and oxygen atoms in total. The van der Waals surface area contributed by atoms with Crippen LogP contribution in [-0.4, -0.2) is 27.0 Å². The van der Waals surface area contributed by atoms with E-state index < -0.39 is 11.9 Å². The number of carboxylic acids is 1. The Balaban J connectivity index is 2.06. The summed E-state index contributed by atoms with van der Waals surface area (Å²) < 4.78 is 0. The Labute approximate surface area is 114 Å². The fourth-order valence-corrected chi connectivity index (χ4v) is 1.48. The number of carbonyl (C=O) groups is 2. The van der Waals surface area contributed by atoms with Gasteiger partial charge in [-0.3, -0.25) is 4.79 Å². The number of hydrogen-bond donors (Lipinski definition) is 4. The van der Waals surface area contributed by atoms with Gasteiger partial charge in [-0.15, -0.1) is 0 Å².